The minimum atomic E-state index is 0.406. The molecule has 0 saturated heterocycles. The van der Waals surface area contributed by atoms with Crippen LogP contribution in [0.1, 0.15) is 57.7 Å². The molecular formula is C14H24N2S. The van der Waals surface area contributed by atoms with Gasteiger partial charge < -0.3 is 5.32 Å². The topological polar surface area (TPSA) is 24.9 Å². The normalized spacial score (nSPS) is 26.9. The van der Waals surface area contributed by atoms with Gasteiger partial charge in [-0.3, -0.25) is 0 Å². The standard InChI is InChI=1S/C14H24N2S/c1-11-3-5-13(6-4-11)7-8-15-12(2)14-9-17-10-16-14/h9-13,15H,3-8H2,1-2H3. The molecule has 1 aliphatic rings. The Hall–Kier alpha value is -0.410. The fraction of sp³-hybridized carbons (Fsp3) is 0.786. The SMILES string of the molecule is CC1CCC(CCNC(C)c2cscn2)CC1. The second-order valence-electron chi connectivity index (χ2n) is 5.50. The highest BCUT2D eigenvalue weighted by Gasteiger charge is 2.18. The number of rotatable bonds is 5. The summed E-state index contributed by atoms with van der Waals surface area (Å²) in [5.41, 5.74) is 3.10. The average Bonchev–Trinajstić information content (AvgIpc) is 2.85. The zero-order valence-electron chi connectivity index (χ0n) is 11.0. The molecule has 17 heavy (non-hydrogen) atoms. The monoisotopic (exact) mass is 252 g/mol. The van der Waals surface area contributed by atoms with E-state index in [2.05, 4.69) is 29.5 Å². The van der Waals surface area contributed by atoms with Crippen molar-refractivity contribution in [2.75, 3.05) is 6.54 Å². The molecule has 0 aromatic carbocycles. The van der Waals surface area contributed by atoms with E-state index in [1.165, 1.54) is 37.8 Å². The first-order valence-corrected chi connectivity index (χ1v) is 7.81. The number of nitrogens with one attached hydrogen (secondary N) is 1. The second-order valence-corrected chi connectivity index (χ2v) is 6.22. The van der Waals surface area contributed by atoms with Crippen LogP contribution >= 0.6 is 11.3 Å². The zero-order chi connectivity index (χ0) is 12.1. The van der Waals surface area contributed by atoms with E-state index in [4.69, 9.17) is 0 Å². The Morgan fingerprint density at radius 3 is 2.82 bits per heavy atom. The third kappa shape index (κ3) is 4.07. The van der Waals surface area contributed by atoms with E-state index in [1.807, 2.05) is 5.51 Å². The van der Waals surface area contributed by atoms with Gasteiger partial charge >= 0.3 is 0 Å². The lowest BCUT2D eigenvalue weighted by Gasteiger charge is -2.26. The van der Waals surface area contributed by atoms with Crippen LogP contribution in [-0.2, 0) is 0 Å². The van der Waals surface area contributed by atoms with Crippen molar-refractivity contribution in [2.24, 2.45) is 11.8 Å². The summed E-state index contributed by atoms with van der Waals surface area (Å²) in [5, 5.41) is 5.73. The molecule has 0 aliphatic heterocycles. The van der Waals surface area contributed by atoms with Gasteiger partial charge in [-0.25, -0.2) is 4.98 Å². The molecule has 1 N–H and O–H groups in total. The lowest BCUT2D eigenvalue weighted by Crippen LogP contribution is -2.23. The first kappa shape index (κ1) is 13.0. The molecule has 1 aliphatic carbocycles. The number of thiazole rings is 1. The lowest BCUT2D eigenvalue weighted by atomic mass is 9.81. The number of aromatic nitrogens is 1. The van der Waals surface area contributed by atoms with E-state index in [0.717, 1.165) is 18.4 Å². The molecule has 1 fully saturated rings. The van der Waals surface area contributed by atoms with Crippen molar-refractivity contribution in [3.8, 4) is 0 Å². The van der Waals surface area contributed by atoms with E-state index in [1.54, 1.807) is 11.3 Å². The first-order chi connectivity index (χ1) is 8.25. The Kier molecular flexibility index (Phi) is 4.99. The number of hydrogen-bond acceptors (Lipinski definition) is 3. The van der Waals surface area contributed by atoms with Crippen molar-refractivity contribution in [3.63, 3.8) is 0 Å². The summed E-state index contributed by atoms with van der Waals surface area (Å²) in [6, 6.07) is 0.406. The fourth-order valence-electron chi connectivity index (χ4n) is 2.66. The molecule has 3 heteroatoms. The zero-order valence-corrected chi connectivity index (χ0v) is 11.8. The van der Waals surface area contributed by atoms with Crippen LogP contribution < -0.4 is 5.32 Å². The number of hydrogen-bond donors (Lipinski definition) is 1. The maximum atomic E-state index is 4.35. The van der Waals surface area contributed by atoms with Crippen LogP contribution in [0.5, 0.6) is 0 Å². The van der Waals surface area contributed by atoms with E-state index in [0.29, 0.717) is 6.04 Å². The van der Waals surface area contributed by atoms with E-state index >= 15 is 0 Å². The summed E-state index contributed by atoms with van der Waals surface area (Å²) in [6.45, 7) is 5.73. The molecular weight excluding hydrogens is 228 g/mol. The Balaban J connectivity index is 1.63. The van der Waals surface area contributed by atoms with Crippen molar-refractivity contribution in [3.05, 3.63) is 16.6 Å². The Morgan fingerprint density at radius 2 is 2.18 bits per heavy atom. The van der Waals surface area contributed by atoms with Gasteiger partial charge in [0.1, 0.15) is 0 Å². The van der Waals surface area contributed by atoms with Gasteiger partial charge in [-0.1, -0.05) is 32.6 Å². The summed E-state index contributed by atoms with van der Waals surface area (Å²) < 4.78 is 0. The Morgan fingerprint density at radius 1 is 1.41 bits per heavy atom. The predicted molar refractivity (Wildman–Crippen MR) is 74.3 cm³/mol. The minimum Gasteiger partial charge on any atom is -0.309 e. The molecule has 0 radical (unpaired) electrons. The van der Waals surface area contributed by atoms with E-state index < -0.39 is 0 Å². The third-order valence-electron chi connectivity index (χ3n) is 4.03. The highest BCUT2D eigenvalue weighted by molar-refractivity contribution is 7.07. The van der Waals surface area contributed by atoms with Crippen LogP contribution in [-0.4, -0.2) is 11.5 Å². The molecule has 1 aromatic rings. The van der Waals surface area contributed by atoms with E-state index in [-0.39, 0.29) is 0 Å². The molecule has 2 rings (SSSR count). The maximum absolute atomic E-state index is 4.35. The van der Waals surface area contributed by atoms with Gasteiger partial charge in [0.25, 0.3) is 0 Å². The average molecular weight is 252 g/mol. The summed E-state index contributed by atoms with van der Waals surface area (Å²) >= 11 is 1.68. The van der Waals surface area contributed by atoms with Gasteiger partial charge in [0.2, 0.25) is 0 Å². The summed E-state index contributed by atoms with van der Waals surface area (Å²) in [7, 11) is 0. The molecule has 0 spiro atoms. The van der Waals surface area contributed by atoms with Gasteiger partial charge in [0.15, 0.2) is 0 Å². The highest BCUT2D eigenvalue weighted by atomic mass is 32.1. The molecule has 1 atom stereocenters. The maximum Gasteiger partial charge on any atom is 0.0795 e. The van der Waals surface area contributed by atoms with Gasteiger partial charge in [-0.05, 0) is 31.7 Å². The number of nitrogens with zero attached hydrogens (tertiary/aromatic N) is 1. The minimum absolute atomic E-state index is 0.406. The molecule has 0 bridgehead atoms. The molecule has 96 valence electrons. The Bertz CT molecular complexity index is 302. The van der Waals surface area contributed by atoms with Gasteiger partial charge in [-0.15, -0.1) is 11.3 Å². The molecule has 2 nitrogen and oxygen atoms in total. The van der Waals surface area contributed by atoms with Crippen LogP contribution in [0, 0.1) is 11.8 Å². The quantitative estimate of drug-likeness (QED) is 0.856. The van der Waals surface area contributed by atoms with Crippen molar-refractivity contribution in [1.29, 1.82) is 0 Å². The molecule has 1 unspecified atom stereocenters. The van der Waals surface area contributed by atoms with Crippen LogP contribution in [0.25, 0.3) is 0 Å². The molecule has 1 heterocycles. The van der Waals surface area contributed by atoms with Gasteiger partial charge in [0.05, 0.1) is 11.2 Å². The van der Waals surface area contributed by atoms with Crippen LogP contribution in [0.4, 0.5) is 0 Å². The fourth-order valence-corrected chi connectivity index (χ4v) is 3.31. The third-order valence-corrected chi connectivity index (χ3v) is 4.64. The van der Waals surface area contributed by atoms with Crippen molar-refractivity contribution >= 4 is 11.3 Å². The summed E-state index contributed by atoms with van der Waals surface area (Å²) in [5.74, 6) is 1.93. The molecule has 1 saturated carbocycles. The largest absolute Gasteiger partial charge is 0.309 e. The van der Waals surface area contributed by atoms with Crippen LogP contribution in [0.3, 0.4) is 0 Å². The summed E-state index contributed by atoms with van der Waals surface area (Å²) in [6.07, 6.45) is 7.08. The van der Waals surface area contributed by atoms with Crippen molar-refractivity contribution in [1.82, 2.24) is 10.3 Å². The van der Waals surface area contributed by atoms with Crippen molar-refractivity contribution in [2.45, 2.75) is 52.0 Å². The van der Waals surface area contributed by atoms with Crippen LogP contribution in [0.15, 0.2) is 10.9 Å². The first-order valence-electron chi connectivity index (χ1n) is 6.87. The van der Waals surface area contributed by atoms with E-state index in [9.17, 15) is 0 Å². The van der Waals surface area contributed by atoms with Gasteiger partial charge in [0, 0.05) is 11.4 Å². The predicted octanol–water partition coefficient (Wildman–Crippen LogP) is 4.01. The molecule has 0 amide bonds. The summed E-state index contributed by atoms with van der Waals surface area (Å²) in [4.78, 5) is 4.35. The molecule has 1 aromatic heterocycles. The highest BCUT2D eigenvalue weighted by Crippen LogP contribution is 2.30. The van der Waals surface area contributed by atoms with Crippen LogP contribution in [0.2, 0.25) is 0 Å². The lowest BCUT2D eigenvalue weighted by molar-refractivity contribution is 0.273. The van der Waals surface area contributed by atoms with Gasteiger partial charge in [-0.2, -0.15) is 0 Å². The second kappa shape index (κ2) is 6.50. The Labute approximate surface area is 109 Å². The van der Waals surface area contributed by atoms with Crippen molar-refractivity contribution < 1.29 is 0 Å². The smallest absolute Gasteiger partial charge is 0.0795 e.